The molecule has 0 atom stereocenters. The molecule has 1 amide bonds. The molecule has 0 aromatic carbocycles. The number of aliphatic hydroxyl groups excluding tert-OH is 1. The van der Waals surface area contributed by atoms with Gasteiger partial charge in [0.15, 0.2) is 0 Å². The summed E-state index contributed by atoms with van der Waals surface area (Å²) < 4.78 is 5.04. The maximum atomic E-state index is 11.7. The van der Waals surface area contributed by atoms with E-state index in [9.17, 15) is 4.79 Å². The fourth-order valence-electron chi connectivity index (χ4n) is 1.72. The van der Waals surface area contributed by atoms with E-state index in [0.29, 0.717) is 26.3 Å². The lowest BCUT2D eigenvalue weighted by molar-refractivity contribution is -0.135. The first kappa shape index (κ1) is 12.4. The van der Waals surface area contributed by atoms with Gasteiger partial charge in [0.25, 0.3) is 0 Å². The highest BCUT2D eigenvalue weighted by atomic mass is 16.5. The Hall–Kier alpha value is -0.650. The van der Waals surface area contributed by atoms with Gasteiger partial charge in [0.2, 0.25) is 5.91 Å². The zero-order valence-electron chi connectivity index (χ0n) is 9.00. The molecule has 0 aromatic rings. The fraction of sp³-hybridized carbons (Fsp3) is 0.900. The zero-order chi connectivity index (χ0) is 11.1. The Balaban J connectivity index is 2.12. The zero-order valence-corrected chi connectivity index (χ0v) is 9.00. The SMILES string of the molecule is NCC1(C(=O)NCCOCCO)CCC1. The third kappa shape index (κ3) is 3.15. The predicted octanol–water partition coefficient (Wildman–Crippen LogP) is -0.759. The summed E-state index contributed by atoms with van der Waals surface area (Å²) in [5.74, 6) is 0.0452. The van der Waals surface area contributed by atoms with Crippen molar-refractivity contribution in [3.63, 3.8) is 0 Å². The van der Waals surface area contributed by atoms with Crippen LogP contribution in [0.2, 0.25) is 0 Å². The molecular formula is C10H20N2O3. The standard InChI is InChI=1S/C10H20N2O3/c11-8-10(2-1-3-10)9(14)12-4-6-15-7-5-13/h13H,1-8,11H2,(H,12,14). The molecule has 5 heteroatoms. The molecule has 1 aliphatic rings. The van der Waals surface area contributed by atoms with Gasteiger partial charge in [-0.25, -0.2) is 0 Å². The van der Waals surface area contributed by atoms with E-state index in [1.54, 1.807) is 0 Å². The Morgan fingerprint density at radius 2 is 2.20 bits per heavy atom. The molecule has 4 N–H and O–H groups in total. The summed E-state index contributed by atoms with van der Waals surface area (Å²) in [7, 11) is 0. The topological polar surface area (TPSA) is 84.6 Å². The van der Waals surface area contributed by atoms with Crippen LogP contribution in [0.4, 0.5) is 0 Å². The van der Waals surface area contributed by atoms with Crippen molar-refractivity contribution in [1.29, 1.82) is 0 Å². The van der Waals surface area contributed by atoms with Crippen molar-refractivity contribution in [2.45, 2.75) is 19.3 Å². The first-order valence-electron chi connectivity index (χ1n) is 5.42. The molecule has 15 heavy (non-hydrogen) atoms. The minimum Gasteiger partial charge on any atom is -0.394 e. The van der Waals surface area contributed by atoms with Gasteiger partial charge < -0.3 is 20.9 Å². The highest BCUT2D eigenvalue weighted by Gasteiger charge is 2.42. The van der Waals surface area contributed by atoms with Crippen molar-refractivity contribution in [3.8, 4) is 0 Å². The number of nitrogens with one attached hydrogen (secondary N) is 1. The summed E-state index contributed by atoms with van der Waals surface area (Å²) in [6.07, 6.45) is 2.88. The first-order chi connectivity index (χ1) is 7.25. The van der Waals surface area contributed by atoms with Gasteiger partial charge in [0.05, 0.1) is 25.2 Å². The van der Waals surface area contributed by atoms with Crippen LogP contribution in [0.15, 0.2) is 0 Å². The normalized spacial score (nSPS) is 18.3. The van der Waals surface area contributed by atoms with Crippen molar-refractivity contribution < 1.29 is 14.6 Å². The summed E-state index contributed by atoms with van der Waals surface area (Å²) >= 11 is 0. The Morgan fingerprint density at radius 1 is 1.47 bits per heavy atom. The lowest BCUT2D eigenvalue weighted by atomic mass is 9.68. The maximum Gasteiger partial charge on any atom is 0.227 e. The van der Waals surface area contributed by atoms with Gasteiger partial charge in [0.1, 0.15) is 0 Å². The van der Waals surface area contributed by atoms with E-state index in [2.05, 4.69) is 5.32 Å². The lowest BCUT2D eigenvalue weighted by Crippen LogP contribution is -2.50. The highest BCUT2D eigenvalue weighted by Crippen LogP contribution is 2.39. The van der Waals surface area contributed by atoms with Crippen LogP contribution in [0.3, 0.4) is 0 Å². The Morgan fingerprint density at radius 3 is 2.67 bits per heavy atom. The van der Waals surface area contributed by atoms with Crippen LogP contribution in [-0.4, -0.2) is 43.9 Å². The highest BCUT2D eigenvalue weighted by molar-refractivity contribution is 5.83. The molecule has 1 aliphatic carbocycles. The summed E-state index contributed by atoms with van der Waals surface area (Å²) in [6.45, 7) is 1.68. The number of ether oxygens (including phenoxy) is 1. The second kappa shape index (κ2) is 6.05. The molecule has 1 fully saturated rings. The van der Waals surface area contributed by atoms with E-state index in [4.69, 9.17) is 15.6 Å². The number of hydrogen-bond acceptors (Lipinski definition) is 4. The van der Waals surface area contributed by atoms with Crippen molar-refractivity contribution in [1.82, 2.24) is 5.32 Å². The van der Waals surface area contributed by atoms with Gasteiger partial charge in [-0.05, 0) is 12.8 Å². The van der Waals surface area contributed by atoms with Crippen molar-refractivity contribution in [2.24, 2.45) is 11.1 Å². The smallest absolute Gasteiger partial charge is 0.227 e. The van der Waals surface area contributed by atoms with Crippen molar-refractivity contribution in [3.05, 3.63) is 0 Å². The molecule has 1 rings (SSSR count). The van der Waals surface area contributed by atoms with Gasteiger partial charge in [-0.3, -0.25) is 4.79 Å². The molecule has 1 saturated carbocycles. The molecule has 0 aromatic heterocycles. The van der Waals surface area contributed by atoms with E-state index in [-0.39, 0.29) is 17.9 Å². The number of amides is 1. The Labute approximate surface area is 90.0 Å². The van der Waals surface area contributed by atoms with Crippen LogP contribution in [0.25, 0.3) is 0 Å². The predicted molar refractivity (Wildman–Crippen MR) is 56.3 cm³/mol. The minimum absolute atomic E-state index is 0.0146. The summed E-state index contributed by atoms with van der Waals surface area (Å²) in [6, 6.07) is 0. The molecule has 0 unspecified atom stereocenters. The van der Waals surface area contributed by atoms with Gasteiger partial charge in [-0.2, -0.15) is 0 Å². The van der Waals surface area contributed by atoms with E-state index < -0.39 is 0 Å². The second-order valence-corrected chi connectivity index (χ2v) is 3.93. The number of rotatable bonds is 7. The molecule has 0 radical (unpaired) electrons. The van der Waals surface area contributed by atoms with E-state index in [0.717, 1.165) is 19.3 Å². The second-order valence-electron chi connectivity index (χ2n) is 3.93. The summed E-state index contributed by atoms with van der Waals surface area (Å²) in [5.41, 5.74) is 5.29. The number of carbonyl (C=O) groups excluding carboxylic acids is 1. The average molecular weight is 216 g/mol. The third-order valence-corrected chi connectivity index (χ3v) is 2.95. The number of carbonyl (C=O) groups is 1. The Bertz CT molecular complexity index is 199. The minimum atomic E-state index is -0.309. The average Bonchev–Trinajstić information content (AvgIpc) is 2.17. The molecule has 88 valence electrons. The van der Waals surface area contributed by atoms with E-state index in [1.807, 2.05) is 0 Å². The van der Waals surface area contributed by atoms with Crippen LogP contribution in [0.1, 0.15) is 19.3 Å². The maximum absolute atomic E-state index is 11.7. The van der Waals surface area contributed by atoms with Crippen LogP contribution in [-0.2, 0) is 9.53 Å². The quantitative estimate of drug-likeness (QED) is 0.488. The van der Waals surface area contributed by atoms with Gasteiger partial charge in [0, 0.05) is 13.1 Å². The molecule has 0 bridgehead atoms. The first-order valence-corrected chi connectivity index (χ1v) is 5.42. The number of aliphatic hydroxyl groups is 1. The van der Waals surface area contributed by atoms with Crippen molar-refractivity contribution in [2.75, 3.05) is 32.9 Å². The van der Waals surface area contributed by atoms with Crippen molar-refractivity contribution >= 4 is 5.91 Å². The lowest BCUT2D eigenvalue weighted by Gasteiger charge is -2.39. The molecule has 0 saturated heterocycles. The van der Waals surface area contributed by atoms with Gasteiger partial charge >= 0.3 is 0 Å². The van der Waals surface area contributed by atoms with Crippen LogP contribution < -0.4 is 11.1 Å². The molecule has 5 nitrogen and oxygen atoms in total. The summed E-state index contributed by atoms with van der Waals surface area (Å²) in [5, 5.41) is 11.3. The molecular weight excluding hydrogens is 196 g/mol. The number of hydrogen-bond donors (Lipinski definition) is 3. The largest absolute Gasteiger partial charge is 0.394 e. The third-order valence-electron chi connectivity index (χ3n) is 2.95. The van der Waals surface area contributed by atoms with Gasteiger partial charge in [-0.15, -0.1) is 0 Å². The summed E-state index contributed by atoms with van der Waals surface area (Å²) in [4.78, 5) is 11.7. The van der Waals surface area contributed by atoms with E-state index in [1.165, 1.54) is 0 Å². The van der Waals surface area contributed by atoms with Crippen LogP contribution >= 0.6 is 0 Å². The monoisotopic (exact) mass is 216 g/mol. The van der Waals surface area contributed by atoms with Gasteiger partial charge in [-0.1, -0.05) is 6.42 Å². The molecule has 0 heterocycles. The molecule has 0 spiro atoms. The van der Waals surface area contributed by atoms with Crippen LogP contribution in [0, 0.1) is 5.41 Å². The van der Waals surface area contributed by atoms with Crippen LogP contribution in [0.5, 0.6) is 0 Å². The number of nitrogens with two attached hydrogens (primary N) is 1. The molecule has 0 aliphatic heterocycles. The van der Waals surface area contributed by atoms with E-state index >= 15 is 0 Å². The Kier molecular flexibility index (Phi) is 5.01. The fourth-order valence-corrected chi connectivity index (χ4v) is 1.72.